The topological polar surface area (TPSA) is 106 Å². The SMILES string of the molecule is CC(=O)N1CC(c2noc([C@@H]3CCCN3C(=O)CC(N)CC(C)/C=C(F)\C(F)=C/C(C)F)n2)C1. The quantitative estimate of drug-likeness (QED) is 0.539. The second-order valence-corrected chi connectivity index (χ2v) is 9.24. The minimum atomic E-state index is -1.60. The van der Waals surface area contributed by atoms with Crippen molar-refractivity contribution in [3.63, 3.8) is 0 Å². The molecule has 11 heteroatoms. The number of rotatable bonds is 9. The van der Waals surface area contributed by atoms with Crippen LogP contribution < -0.4 is 5.73 Å². The van der Waals surface area contributed by atoms with E-state index in [1.165, 1.54) is 6.92 Å². The Kier molecular flexibility index (Phi) is 8.51. The van der Waals surface area contributed by atoms with Gasteiger partial charge in [0.2, 0.25) is 17.7 Å². The summed E-state index contributed by atoms with van der Waals surface area (Å²) in [5, 5.41) is 4.04. The minimum Gasteiger partial charge on any atom is -0.341 e. The van der Waals surface area contributed by atoms with Crippen LogP contribution in [0.2, 0.25) is 0 Å². The highest BCUT2D eigenvalue weighted by Crippen LogP contribution is 2.33. The molecule has 34 heavy (non-hydrogen) atoms. The normalized spacial score (nSPS) is 22.5. The monoisotopic (exact) mass is 483 g/mol. The summed E-state index contributed by atoms with van der Waals surface area (Å²) in [4.78, 5) is 32.1. The van der Waals surface area contributed by atoms with Crippen LogP contribution in [0.1, 0.15) is 70.1 Å². The number of hydrogen-bond donors (Lipinski definition) is 1. The lowest BCUT2D eigenvalue weighted by atomic mass is 9.98. The van der Waals surface area contributed by atoms with Gasteiger partial charge in [-0.2, -0.15) is 4.98 Å². The van der Waals surface area contributed by atoms with Gasteiger partial charge in [0, 0.05) is 39.0 Å². The summed E-state index contributed by atoms with van der Waals surface area (Å²) < 4.78 is 45.6. The van der Waals surface area contributed by atoms with Crippen molar-refractivity contribution < 1.29 is 27.3 Å². The number of carbonyl (C=O) groups is 2. The van der Waals surface area contributed by atoms with Gasteiger partial charge in [-0.15, -0.1) is 0 Å². The molecule has 4 atom stereocenters. The Balaban J connectivity index is 1.54. The Morgan fingerprint density at radius 3 is 2.56 bits per heavy atom. The van der Waals surface area contributed by atoms with Crippen molar-refractivity contribution in [2.45, 2.75) is 70.6 Å². The van der Waals surface area contributed by atoms with E-state index in [1.807, 2.05) is 0 Å². The van der Waals surface area contributed by atoms with Crippen LogP contribution in [0.5, 0.6) is 0 Å². The third kappa shape index (κ3) is 6.46. The van der Waals surface area contributed by atoms with Crippen LogP contribution in [0.25, 0.3) is 0 Å². The Hall–Kier alpha value is -2.69. The number of hydrogen-bond acceptors (Lipinski definition) is 6. The third-order valence-electron chi connectivity index (χ3n) is 6.15. The lowest BCUT2D eigenvalue weighted by molar-refractivity contribution is -0.134. The van der Waals surface area contributed by atoms with Crippen molar-refractivity contribution in [2.75, 3.05) is 19.6 Å². The number of carbonyl (C=O) groups excluding carboxylic acids is 2. The maximum absolute atomic E-state index is 13.8. The van der Waals surface area contributed by atoms with E-state index in [9.17, 15) is 22.8 Å². The number of nitrogens with two attached hydrogens (primary N) is 1. The number of allylic oxidation sites excluding steroid dienone is 4. The minimum absolute atomic E-state index is 0.00683. The average Bonchev–Trinajstić information content (AvgIpc) is 3.34. The Morgan fingerprint density at radius 2 is 1.91 bits per heavy atom. The second-order valence-electron chi connectivity index (χ2n) is 9.24. The first-order valence-corrected chi connectivity index (χ1v) is 11.6. The number of aromatic nitrogens is 2. The summed E-state index contributed by atoms with van der Waals surface area (Å²) in [5.74, 6) is -2.05. The van der Waals surface area contributed by atoms with Gasteiger partial charge in [0.1, 0.15) is 12.2 Å². The Labute approximate surface area is 197 Å². The molecule has 2 N–H and O–H groups in total. The summed E-state index contributed by atoms with van der Waals surface area (Å²) in [6.07, 6.45) is 1.78. The molecular formula is C23H32F3N5O3. The first kappa shape index (κ1) is 25.9. The third-order valence-corrected chi connectivity index (χ3v) is 6.15. The number of alkyl halides is 1. The molecule has 0 radical (unpaired) electrons. The van der Waals surface area contributed by atoms with Crippen LogP contribution in [0.15, 0.2) is 28.3 Å². The highest BCUT2D eigenvalue weighted by Gasteiger charge is 2.37. The largest absolute Gasteiger partial charge is 0.341 e. The molecule has 1 aromatic heterocycles. The zero-order valence-corrected chi connectivity index (χ0v) is 19.7. The van der Waals surface area contributed by atoms with Crippen LogP contribution >= 0.6 is 0 Å². The van der Waals surface area contributed by atoms with Gasteiger partial charge >= 0.3 is 0 Å². The Morgan fingerprint density at radius 1 is 1.24 bits per heavy atom. The van der Waals surface area contributed by atoms with E-state index < -0.39 is 29.8 Å². The molecule has 3 rings (SSSR count). The van der Waals surface area contributed by atoms with E-state index in [4.69, 9.17) is 10.3 Å². The molecular weight excluding hydrogens is 451 g/mol. The Bertz CT molecular complexity index is 942. The van der Waals surface area contributed by atoms with Gasteiger partial charge in [0.05, 0.1) is 5.92 Å². The van der Waals surface area contributed by atoms with Crippen molar-refractivity contribution in [3.05, 3.63) is 35.5 Å². The zero-order valence-electron chi connectivity index (χ0n) is 19.7. The molecule has 2 aliphatic heterocycles. The first-order valence-electron chi connectivity index (χ1n) is 11.6. The fraction of sp³-hybridized carbons (Fsp3) is 0.652. The van der Waals surface area contributed by atoms with Gasteiger partial charge in [0.25, 0.3) is 0 Å². The van der Waals surface area contributed by atoms with Gasteiger partial charge in [-0.1, -0.05) is 12.1 Å². The summed E-state index contributed by atoms with van der Waals surface area (Å²) in [6, 6.07) is -0.896. The smallest absolute Gasteiger partial charge is 0.249 e. The highest BCUT2D eigenvalue weighted by atomic mass is 19.2. The molecule has 188 valence electrons. The molecule has 0 saturated carbocycles. The fourth-order valence-electron chi connectivity index (χ4n) is 4.35. The van der Waals surface area contributed by atoms with Crippen LogP contribution in [0, 0.1) is 5.92 Å². The van der Waals surface area contributed by atoms with E-state index in [2.05, 4.69) is 10.1 Å². The molecule has 3 heterocycles. The maximum atomic E-state index is 13.8. The number of nitrogens with zero attached hydrogens (tertiary/aromatic N) is 4. The molecule has 2 amide bonds. The molecule has 2 aliphatic rings. The van der Waals surface area contributed by atoms with E-state index in [0.29, 0.717) is 43.8 Å². The van der Waals surface area contributed by atoms with Crippen LogP contribution in [-0.4, -0.2) is 63.6 Å². The van der Waals surface area contributed by atoms with Crippen molar-refractivity contribution in [1.82, 2.24) is 19.9 Å². The lowest BCUT2D eigenvalue weighted by Crippen LogP contribution is -2.47. The van der Waals surface area contributed by atoms with E-state index in [1.54, 1.807) is 16.7 Å². The van der Waals surface area contributed by atoms with E-state index >= 15 is 0 Å². The van der Waals surface area contributed by atoms with E-state index in [-0.39, 0.29) is 36.6 Å². The molecule has 1 aromatic rings. The molecule has 8 nitrogen and oxygen atoms in total. The number of likely N-dealkylation sites (tertiary alicyclic amines) is 2. The van der Waals surface area contributed by atoms with Crippen LogP contribution in [0.3, 0.4) is 0 Å². The summed E-state index contributed by atoms with van der Waals surface area (Å²) in [7, 11) is 0. The van der Waals surface area contributed by atoms with Gasteiger partial charge in [-0.05, 0) is 44.3 Å². The van der Waals surface area contributed by atoms with Crippen molar-refractivity contribution in [2.24, 2.45) is 11.7 Å². The zero-order chi connectivity index (χ0) is 25.0. The first-order chi connectivity index (χ1) is 16.0. The predicted molar refractivity (Wildman–Crippen MR) is 118 cm³/mol. The maximum Gasteiger partial charge on any atom is 0.249 e. The molecule has 2 saturated heterocycles. The lowest BCUT2D eigenvalue weighted by Gasteiger charge is -2.36. The molecule has 3 unspecified atom stereocenters. The standard InChI is InChI=1S/C23H32F3N5O3/c1-13(8-18(25)19(26)9-14(2)24)7-17(27)10-21(33)31-6-4-5-20(31)23-28-22(29-34-23)16-11-30(12-16)15(3)32/h8-9,13-14,16-17,20H,4-7,10-12,27H2,1-3H3/b18-8+,19-9+/t13?,14?,17?,20-/m0/s1. The summed E-state index contributed by atoms with van der Waals surface area (Å²) >= 11 is 0. The average molecular weight is 484 g/mol. The van der Waals surface area contributed by atoms with Crippen molar-refractivity contribution >= 4 is 11.8 Å². The van der Waals surface area contributed by atoms with E-state index in [0.717, 1.165) is 19.4 Å². The number of amides is 2. The molecule has 0 spiro atoms. The van der Waals surface area contributed by atoms with Crippen LogP contribution in [0.4, 0.5) is 13.2 Å². The number of halogens is 3. The molecule has 0 bridgehead atoms. The van der Waals surface area contributed by atoms with Crippen molar-refractivity contribution in [3.8, 4) is 0 Å². The van der Waals surface area contributed by atoms with Gasteiger partial charge < -0.3 is 20.1 Å². The molecule has 2 fully saturated rings. The highest BCUT2D eigenvalue weighted by molar-refractivity contribution is 5.77. The van der Waals surface area contributed by atoms with Crippen LogP contribution in [-0.2, 0) is 9.59 Å². The molecule has 0 aromatic carbocycles. The summed E-state index contributed by atoms with van der Waals surface area (Å²) in [6.45, 7) is 5.92. The van der Waals surface area contributed by atoms with Gasteiger partial charge in [0.15, 0.2) is 17.5 Å². The predicted octanol–water partition coefficient (Wildman–Crippen LogP) is 3.49. The second kappa shape index (κ2) is 11.2. The van der Waals surface area contributed by atoms with Gasteiger partial charge in [-0.25, -0.2) is 13.2 Å². The van der Waals surface area contributed by atoms with Crippen molar-refractivity contribution in [1.29, 1.82) is 0 Å². The van der Waals surface area contributed by atoms with Gasteiger partial charge in [-0.3, -0.25) is 9.59 Å². The molecule has 0 aliphatic carbocycles. The fourth-order valence-corrected chi connectivity index (χ4v) is 4.35. The summed E-state index contributed by atoms with van der Waals surface area (Å²) in [5.41, 5.74) is 6.12.